The van der Waals surface area contributed by atoms with Crippen molar-refractivity contribution < 1.29 is 14.0 Å². The summed E-state index contributed by atoms with van der Waals surface area (Å²) in [6.07, 6.45) is 4.83. The molecule has 1 aromatic carbocycles. The van der Waals surface area contributed by atoms with Crippen LogP contribution < -0.4 is 10.2 Å². The number of benzene rings is 1. The maximum atomic E-state index is 13.1. The number of nitrogens with zero attached hydrogens (tertiary/aromatic N) is 3. The average Bonchev–Trinajstić information content (AvgIpc) is 3.36. The van der Waals surface area contributed by atoms with E-state index < -0.39 is 5.92 Å². The molecule has 0 spiro atoms. The number of carbonyl (C=O) groups excluding carboxylic acids is 2. The molecule has 1 saturated carbocycles. The summed E-state index contributed by atoms with van der Waals surface area (Å²) in [6.45, 7) is 0.282. The van der Waals surface area contributed by atoms with Crippen LogP contribution in [-0.4, -0.2) is 28.6 Å². The van der Waals surface area contributed by atoms with Gasteiger partial charge in [-0.3, -0.25) is 9.59 Å². The van der Waals surface area contributed by atoms with Crippen molar-refractivity contribution in [3.05, 3.63) is 35.1 Å². The van der Waals surface area contributed by atoms with Crippen LogP contribution in [0.1, 0.15) is 43.0 Å². The van der Waals surface area contributed by atoms with E-state index in [0.29, 0.717) is 16.7 Å². The first-order chi connectivity index (χ1) is 12.6. The van der Waals surface area contributed by atoms with Crippen LogP contribution in [0.4, 0.5) is 15.2 Å². The van der Waals surface area contributed by atoms with Gasteiger partial charge in [0.2, 0.25) is 16.9 Å². The molecule has 1 saturated heterocycles. The Hall–Kier alpha value is -2.35. The van der Waals surface area contributed by atoms with Gasteiger partial charge in [0, 0.05) is 24.6 Å². The Morgan fingerprint density at radius 2 is 1.92 bits per heavy atom. The minimum Gasteiger partial charge on any atom is -0.312 e. The third-order valence-corrected chi connectivity index (χ3v) is 6.01. The maximum absolute atomic E-state index is 13.1. The third-order valence-electron chi connectivity index (χ3n) is 5.01. The van der Waals surface area contributed by atoms with E-state index in [0.717, 1.165) is 17.8 Å². The summed E-state index contributed by atoms with van der Waals surface area (Å²) in [6, 6.07) is 5.71. The van der Waals surface area contributed by atoms with Crippen molar-refractivity contribution in [2.24, 2.45) is 5.92 Å². The summed E-state index contributed by atoms with van der Waals surface area (Å²) in [5.41, 5.74) is 0.603. The minimum absolute atomic E-state index is 0.136. The molecule has 2 heterocycles. The van der Waals surface area contributed by atoms with Crippen LogP contribution in [0.3, 0.4) is 0 Å². The highest BCUT2D eigenvalue weighted by atomic mass is 32.1. The third kappa shape index (κ3) is 3.46. The molecule has 26 heavy (non-hydrogen) atoms. The van der Waals surface area contributed by atoms with Gasteiger partial charge in [-0.05, 0) is 37.1 Å². The highest BCUT2D eigenvalue weighted by Crippen LogP contribution is 2.36. The fourth-order valence-electron chi connectivity index (χ4n) is 3.58. The largest absolute Gasteiger partial charge is 0.312 e. The van der Waals surface area contributed by atoms with Crippen LogP contribution >= 0.6 is 11.3 Å². The van der Waals surface area contributed by atoms with E-state index in [9.17, 15) is 14.0 Å². The highest BCUT2D eigenvalue weighted by Gasteiger charge is 2.35. The Kier molecular flexibility index (Phi) is 4.67. The Labute approximate surface area is 154 Å². The lowest BCUT2D eigenvalue weighted by atomic mass is 10.1. The lowest BCUT2D eigenvalue weighted by Crippen LogP contribution is -2.28. The monoisotopic (exact) mass is 374 g/mol. The molecular weight excluding hydrogens is 355 g/mol. The van der Waals surface area contributed by atoms with Gasteiger partial charge in [-0.25, -0.2) is 4.39 Å². The summed E-state index contributed by atoms with van der Waals surface area (Å²) in [7, 11) is 0. The van der Waals surface area contributed by atoms with E-state index in [4.69, 9.17) is 0 Å². The van der Waals surface area contributed by atoms with Gasteiger partial charge in [0.05, 0.1) is 5.92 Å². The molecule has 4 rings (SSSR count). The molecule has 136 valence electrons. The van der Waals surface area contributed by atoms with Crippen LogP contribution in [0.15, 0.2) is 24.3 Å². The fraction of sp³-hybridized carbons (Fsp3) is 0.444. The Bertz CT molecular complexity index is 817. The van der Waals surface area contributed by atoms with E-state index in [2.05, 4.69) is 15.5 Å². The van der Waals surface area contributed by atoms with Crippen LogP contribution in [0, 0.1) is 11.7 Å². The number of rotatable bonds is 4. The number of amides is 2. The normalized spacial score (nSPS) is 20.7. The van der Waals surface area contributed by atoms with Gasteiger partial charge >= 0.3 is 0 Å². The molecule has 2 aromatic rings. The molecule has 6 nitrogen and oxygen atoms in total. The first-order valence-corrected chi connectivity index (χ1v) is 9.62. The van der Waals surface area contributed by atoms with Crippen LogP contribution in [0.25, 0.3) is 0 Å². The number of aromatic nitrogens is 2. The van der Waals surface area contributed by atoms with Gasteiger partial charge in [0.25, 0.3) is 0 Å². The molecule has 1 N–H and O–H groups in total. The van der Waals surface area contributed by atoms with Crippen molar-refractivity contribution in [2.45, 2.75) is 38.0 Å². The van der Waals surface area contributed by atoms with Crippen LogP contribution in [0.5, 0.6) is 0 Å². The number of carbonyl (C=O) groups is 2. The van der Waals surface area contributed by atoms with Crippen molar-refractivity contribution in [3.63, 3.8) is 0 Å². The topological polar surface area (TPSA) is 75.2 Å². The molecule has 2 amide bonds. The van der Waals surface area contributed by atoms with Crippen molar-refractivity contribution in [3.8, 4) is 0 Å². The van der Waals surface area contributed by atoms with E-state index >= 15 is 0 Å². The summed E-state index contributed by atoms with van der Waals surface area (Å²) >= 11 is 1.42. The van der Waals surface area contributed by atoms with Crippen LogP contribution in [-0.2, 0) is 9.59 Å². The van der Waals surface area contributed by atoms with Gasteiger partial charge in [0.15, 0.2) is 0 Å². The number of nitrogens with one attached hydrogen (secondary N) is 1. The van der Waals surface area contributed by atoms with Gasteiger partial charge < -0.3 is 10.2 Å². The molecule has 2 aliphatic rings. The molecule has 1 atom stereocenters. The summed E-state index contributed by atoms with van der Waals surface area (Å²) in [4.78, 5) is 26.3. The lowest BCUT2D eigenvalue weighted by molar-refractivity contribution is -0.122. The minimum atomic E-state index is -0.452. The van der Waals surface area contributed by atoms with Gasteiger partial charge in [-0.1, -0.05) is 24.2 Å². The second kappa shape index (κ2) is 7.11. The fourth-order valence-corrected chi connectivity index (χ4v) is 4.50. The van der Waals surface area contributed by atoms with Gasteiger partial charge in [-0.2, -0.15) is 0 Å². The zero-order valence-corrected chi connectivity index (χ0v) is 15.0. The standard InChI is InChI=1S/C18H19FN4O2S/c19-13-5-7-14(8-6-13)23-10-12(9-15(23)24)16(25)20-18-22-21-17(26-18)11-3-1-2-4-11/h5-8,11-12H,1-4,9-10H2,(H,20,22,25). The Morgan fingerprint density at radius 3 is 2.65 bits per heavy atom. The Morgan fingerprint density at radius 1 is 1.19 bits per heavy atom. The first-order valence-electron chi connectivity index (χ1n) is 8.80. The molecule has 1 aromatic heterocycles. The number of halogens is 1. The highest BCUT2D eigenvalue weighted by molar-refractivity contribution is 7.15. The zero-order valence-electron chi connectivity index (χ0n) is 14.2. The van der Waals surface area contributed by atoms with Crippen molar-refractivity contribution in [1.82, 2.24) is 10.2 Å². The van der Waals surface area contributed by atoms with Crippen molar-refractivity contribution in [1.29, 1.82) is 0 Å². The second-order valence-electron chi connectivity index (χ2n) is 6.80. The van der Waals surface area contributed by atoms with Crippen molar-refractivity contribution >= 4 is 34.0 Å². The summed E-state index contributed by atoms with van der Waals surface area (Å²) < 4.78 is 13.1. The second-order valence-corrected chi connectivity index (χ2v) is 7.81. The van der Waals surface area contributed by atoms with Gasteiger partial charge in [0.1, 0.15) is 10.8 Å². The number of hydrogen-bond donors (Lipinski definition) is 1. The average molecular weight is 374 g/mol. The van der Waals surface area contributed by atoms with E-state index in [1.807, 2.05) is 0 Å². The molecule has 2 fully saturated rings. The molecule has 0 bridgehead atoms. The predicted molar refractivity (Wildman–Crippen MR) is 96.6 cm³/mol. The molecule has 1 aliphatic heterocycles. The first kappa shape index (κ1) is 17.1. The predicted octanol–water partition coefficient (Wildman–Crippen LogP) is 3.33. The SMILES string of the molecule is O=C(Nc1nnc(C2CCCC2)s1)C1CC(=O)N(c2ccc(F)cc2)C1. The van der Waals surface area contributed by atoms with E-state index in [-0.39, 0.29) is 30.6 Å². The molecule has 0 radical (unpaired) electrons. The van der Waals surface area contributed by atoms with Gasteiger partial charge in [-0.15, -0.1) is 10.2 Å². The molecule has 8 heteroatoms. The Balaban J connectivity index is 1.39. The summed E-state index contributed by atoms with van der Waals surface area (Å²) in [5, 5.41) is 12.5. The lowest BCUT2D eigenvalue weighted by Gasteiger charge is -2.16. The maximum Gasteiger partial charge on any atom is 0.231 e. The van der Waals surface area contributed by atoms with Crippen LogP contribution in [0.2, 0.25) is 0 Å². The number of anilines is 2. The van der Waals surface area contributed by atoms with E-state index in [1.54, 1.807) is 12.1 Å². The smallest absolute Gasteiger partial charge is 0.231 e. The van der Waals surface area contributed by atoms with E-state index in [1.165, 1.54) is 41.2 Å². The zero-order chi connectivity index (χ0) is 18.1. The quantitative estimate of drug-likeness (QED) is 0.891. The number of hydrogen-bond acceptors (Lipinski definition) is 5. The molecular formula is C18H19FN4O2S. The van der Waals surface area contributed by atoms with Crippen molar-refractivity contribution in [2.75, 3.05) is 16.8 Å². The molecule has 1 aliphatic carbocycles. The molecule has 1 unspecified atom stereocenters. The summed E-state index contributed by atoms with van der Waals surface area (Å²) in [5.74, 6) is -0.715.